The summed E-state index contributed by atoms with van der Waals surface area (Å²) in [5, 5.41) is 2.25. The van der Waals surface area contributed by atoms with E-state index in [-0.39, 0.29) is 6.04 Å². The van der Waals surface area contributed by atoms with E-state index in [0.717, 1.165) is 24.3 Å². The summed E-state index contributed by atoms with van der Waals surface area (Å²) in [6, 6.07) is 16.6. The molecule has 0 radical (unpaired) electrons. The van der Waals surface area contributed by atoms with Gasteiger partial charge in [0.2, 0.25) is 0 Å². The van der Waals surface area contributed by atoms with E-state index in [1.807, 2.05) is 29.3 Å². The van der Waals surface area contributed by atoms with Gasteiger partial charge in [0.05, 0.1) is 12.8 Å². The van der Waals surface area contributed by atoms with Crippen LogP contribution in [0.4, 0.5) is 0 Å². The Hall–Kier alpha value is -2.53. The minimum atomic E-state index is 0.0500. The summed E-state index contributed by atoms with van der Waals surface area (Å²) in [5.41, 5.74) is 15.6. The molecular formula is C19H19N3OS. The molecule has 4 rings (SSSR count). The molecule has 1 atom stereocenters. The van der Waals surface area contributed by atoms with Crippen molar-refractivity contribution in [2.24, 2.45) is 5.73 Å². The number of hydrogen-bond donors (Lipinski definition) is 2. The Balaban J connectivity index is 1.82. The largest absolute Gasteiger partial charge is 0.497 e. The number of rotatable bonds is 2. The first-order valence-electron chi connectivity index (χ1n) is 7.99. The summed E-state index contributed by atoms with van der Waals surface area (Å²) in [6.45, 7) is 0. The number of thiocarbonyl (C=S) groups is 1. The van der Waals surface area contributed by atoms with E-state index in [2.05, 4.69) is 29.7 Å². The Morgan fingerprint density at radius 3 is 2.71 bits per heavy atom. The molecule has 5 heteroatoms. The Bertz CT molecular complexity index is 832. The highest BCUT2D eigenvalue weighted by molar-refractivity contribution is 7.80. The van der Waals surface area contributed by atoms with Crippen LogP contribution in [0.2, 0.25) is 0 Å². The first-order chi connectivity index (χ1) is 11.7. The molecule has 0 aromatic heterocycles. The van der Waals surface area contributed by atoms with Crippen LogP contribution in [0.3, 0.4) is 0 Å². The first kappa shape index (κ1) is 15.0. The Morgan fingerprint density at radius 1 is 1.21 bits per heavy atom. The molecule has 2 aromatic carbocycles. The van der Waals surface area contributed by atoms with Gasteiger partial charge in [0.15, 0.2) is 5.11 Å². The third-order valence-electron chi connectivity index (χ3n) is 4.74. The van der Waals surface area contributed by atoms with Crippen molar-refractivity contribution in [1.82, 2.24) is 10.4 Å². The zero-order chi connectivity index (χ0) is 16.7. The van der Waals surface area contributed by atoms with E-state index in [4.69, 9.17) is 22.7 Å². The number of hydrazine groups is 1. The maximum atomic E-state index is 5.99. The van der Waals surface area contributed by atoms with Gasteiger partial charge in [-0.15, -0.1) is 0 Å². The van der Waals surface area contributed by atoms with Crippen molar-refractivity contribution in [3.8, 4) is 5.75 Å². The Kier molecular flexibility index (Phi) is 3.65. The van der Waals surface area contributed by atoms with Crippen LogP contribution in [0.1, 0.15) is 29.2 Å². The molecule has 0 saturated carbocycles. The topological polar surface area (TPSA) is 50.5 Å². The molecule has 1 heterocycles. The fourth-order valence-corrected chi connectivity index (χ4v) is 3.78. The molecule has 1 aliphatic heterocycles. The fourth-order valence-electron chi connectivity index (χ4n) is 3.63. The average Bonchev–Trinajstić information content (AvgIpc) is 3.02. The maximum Gasteiger partial charge on any atom is 0.186 e. The van der Waals surface area contributed by atoms with Gasteiger partial charge >= 0.3 is 0 Å². The van der Waals surface area contributed by atoms with Crippen LogP contribution in [0.15, 0.2) is 54.1 Å². The van der Waals surface area contributed by atoms with Crippen molar-refractivity contribution in [2.45, 2.75) is 18.9 Å². The SMILES string of the molecule is COc1ccc2c(c1)CCC1=C2NN(C(N)=S)C1c1ccccc1. The van der Waals surface area contributed by atoms with Crippen molar-refractivity contribution >= 4 is 23.0 Å². The number of methoxy groups -OCH3 is 1. The molecule has 24 heavy (non-hydrogen) atoms. The van der Waals surface area contributed by atoms with E-state index in [0.29, 0.717) is 5.11 Å². The molecule has 4 nitrogen and oxygen atoms in total. The van der Waals surface area contributed by atoms with E-state index in [1.165, 1.54) is 22.3 Å². The van der Waals surface area contributed by atoms with Crippen LogP contribution in [-0.4, -0.2) is 17.2 Å². The first-order valence-corrected chi connectivity index (χ1v) is 8.40. The average molecular weight is 337 g/mol. The minimum Gasteiger partial charge on any atom is -0.497 e. The lowest BCUT2D eigenvalue weighted by atomic mass is 9.85. The van der Waals surface area contributed by atoms with E-state index >= 15 is 0 Å². The summed E-state index contributed by atoms with van der Waals surface area (Å²) in [7, 11) is 1.70. The second-order valence-electron chi connectivity index (χ2n) is 6.06. The molecule has 0 bridgehead atoms. The predicted molar refractivity (Wildman–Crippen MR) is 99.2 cm³/mol. The van der Waals surface area contributed by atoms with Crippen molar-refractivity contribution in [3.05, 3.63) is 70.8 Å². The second kappa shape index (κ2) is 5.83. The van der Waals surface area contributed by atoms with Crippen molar-refractivity contribution in [1.29, 1.82) is 0 Å². The van der Waals surface area contributed by atoms with Gasteiger partial charge in [-0.3, -0.25) is 10.4 Å². The van der Waals surface area contributed by atoms with Gasteiger partial charge in [-0.05, 0) is 60.0 Å². The van der Waals surface area contributed by atoms with Gasteiger partial charge in [0, 0.05) is 5.56 Å². The molecule has 2 aromatic rings. The molecule has 0 spiro atoms. The zero-order valence-corrected chi connectivity index (χ0v) is 14.3. The standard InChI is InChI=1S/C19H19N3OS/c1-23-14-8-10-15-13(11-14)7-9-16-17(15)21-22(19(20)24)18(16)12-5-3-2-4-6-12/h2-6,8,10-11,18,21H,7,9H2,1H3,(H2,20,24). The summed E-state index contributed by atoms with van der Waals surface area (Å²) >= 11 is 5.29. The molecule has 0 saturated heterocycles. The molecule has 1 unspecified atom stereocenters. The number of aryl methyl sites for hydroxylation is 1. The smallest absolute Gasteiger partial charge is 0.186 e. The number of ether oxygens (including phenoxy) is 1. The van der Waals surface area contributed by atoms with Crippen molar-refractivity contribution in [2.75, 3.05) is 7.11 Å². The van der Waals surface area contributed by atoms with Crippen LogP contribution >= 0.6 is 12.2 Å². The summed E-state index contributed by atoms with van der Waals surface area (Å²) in [5.74, 6) is 0.890. The van der Waals surface area contributed by atoms with Crippen LogP contribution in [0.25, 0.3) is 5.70 Å². The van der Waals surface area contributed by atoms with Gasteiger partial charge in [0.1, 0.15) is 11.8 Å². The van der Waals surface area contributed by atoms with Gasteiger partial charge in [-0.1, -0.05) is 30.3 Å². The molecule has 2 aliphatic rings. The number of nitrogens with one attached hydrogen (secondary N) is 1. The van der Waals surface area contributed by atoms with Gasteiger partial charge in [0.25, 0.3) is 0 Å². The third kappa shape index (κ3) is 2.32. The highest BCUT2D eigenvalue weighted by Gasteiger charge is 2.37. The minimum absolute atomic E-state index is 0.0500. The molecule has 0 fully saturated rings. The number of hydrogen-bond acceptors (Lipinski definition) is 3. The lowest BCUT2D eigenvalue weighted by molar-refractivity contribution is 0.335. The normalized spacial score (nSPS) is 18.7. The van der Waals surface area contributed by atoms with Crippen LogP contribution in [0.5, 0.6) is 5.75 Å². The highest BCUT2D eigenvalue weighted by atomic mass is 32.1. The van der Waals surface area contributed by atoms with Crippen LogP contribution < -0.4 is 15.9 Å². The summed E-state index contributed by atoms with van der Waals surface area (Å²) in [6.07, 6.45) is 1.96. The second-order valence-corrected chi connectivity index (χ2v) is 6.47. The lowest BCUT2D eigenvalue weighted by Gasteiger charge is -2.27. The molecule has 1 aliphatic carbocycles. The van der Waals surface area contributed by atoms with Gasteiger partial charge < -0.3 is 10.5 Å². The van der Waals surface area contributed by atoms with Crippen LogP contribution in [0, 0.1) is 0 Å². The van der Waals surface area contributed by atoms with Crippen molar-refractivity contribution < 1.29 is 4.74 Å². The molecule has 122 valence electrons. The van der Waals surface area contributed by atoms with E-state index < -0.39 is 0 Å². The zero-order valence-electron chi connectivity index (χ0n) is 13.5. The number of nitrogens with zero attached hydrogens (tertiary/aromatic N) is 1. The Morgan fingerprint density at radius 2 is 2.00 bits per heavy atom. The van der Waals surface area contributed by atoms with Gasteiger partial charge in [-0.25, -0.2) is 0 Å². The molecular weight excluding hydrogens is 318 g/mol. The van der Waals surface area contributed by atoms with E-state index in [9.17, 15) is 0 Å². The fraction of sp³-hybridized carbons (Fsp3) is 0.211. The summed E-state index contributed by atoms with van der Waals surface area (Å²) < 4.78 is 5.35. The Labute approximate surface area is 146 Å². The predicted octanol–water partition coefficient (Wildman–Crippen LogP) is 3.16. The van der Waals surface area contributed by atoms with Crippen molar-refractivity contribution in [3.63, 3.8) is 0 Å². The third-order valence-corrected chi connectivity index (χ3v) is 4.94. The quantitative estimate of drug-likeness (QED) is 0.825. The van der Waals surface area contributed by atoms with E-state index in [1.54, 1.807) is 7.11 Å². The maximum absolute atomic E-state index is 5.99. The molecule has 3 N–H and O–H groups in total. The summed E-state index contributed by atoms with van der Waals surface area (Å²) in [4.78, 5) is 0. The van der Waals surface area contributed by atoms with Crippen LogP contribution in [-0.2, 0) is 6.42 Å². The number of benzene rings is 2. The number of fused-ring (bicyclic) bond motifs is 2. The monoisotopic (exact) mass is 337 g/mol. The lowest BCUT2D eigenvalue weighted by Crippen LogP contribution is -2.43. The number of nitrogens with two attached hydrogens (primary N) is 1. The van der Waals surface area contributed by atoms with Gasteiger partial charge in [-0.2, -0.15) is 0 Å². The molecule has 0 amide bonds. The highest BCUT2D eigenvalue weighted by Crippen LogP contribution is 2.44.